The summed E-state index contributed by atoms with van der Waals surface area (Å²) in [4.78, 5) is 12.1. The third-order valence-electron chi connectivity index (χ3n) is 3.55. The fraction of sp³-hybridized carbons (Fsp3) is 0.500. The van der Waals surface area contributed by atoms with E-state index < -0.39 is 0 Å². The summed E-state index contributed by atoms with van der Waals surface area (Å²) in [6.45, 7) is 5.75. The Labute approximate surface area is 107 Å². The van der Waals surface area contributed by atoms with Gasteiger partial charge in [-0.05, 0) is 50.0 Å². The largest absolute Gasteiger partial charge is 0.349 e. The molecule has 1 amide bonds. The van der Waals surface area contributed by atoms with Crippen molar-refractivity contribution >= 4 is 5.91 Å². The van der Waals surface area contributed by atoms with Crippen molar-refractivity contribution in [1.82, 2.24) is 10.6 Å². The third kappa shape index (κ3) is 2.88. The van der Waals surface area contributed by atoms with E-state index in [1.54, 1.807) is 6.07 Å². The lowest BCUT2D eigenvalue weighted by Crippen LogP contribution is -2.48. The number of benzene rings is 1. The maximum Gasteiger partial charge on any atom is 0.251 e. The molecular weight excluding hydrogens is 231 g/mol. The highest BCUT2D eigenvalue weighted by Crippen LogP contribution is 2.14. The van der Waals surface area contributed by atoms with Crippen LogP contribution < -0.4 is 10.6 Å². The topological polar surface area (TPSA) is 41.1 Å². The van der Waals surface area contributed by atoms with E-state index in [2.05, 4.69) is 17.6 Å². The summed E-state index contributed by atoms with van der Waals surface area (Å²) in [5.41, 5.74) is 1.23. The molecule has 3 nitrogen and oxygen atoms in total. The molecule has 0 saturated carbocycles. The number of nitrogens with one attached hydrogen (secondary N) is 2. The van der Waals surface area contributed by atoms with E-state index in [0.29, 0.717) is 11.5 Å². The van der Waals surface area contributed by atoms with Crippen LogP contribution in [-0.4, -0.2) is 25.0 Å². The zero-order chi connectivity index (χ0) is 13.1. The second kappa shape index (κ2) is 5.48. The molecule has 2 N–H and O–H groups in total. The van der Waals surface area contributed by atoms with Crippen molar-refractivity contribution in [3.05, 3.63) is 35.1 Å². The molecule has 1 heterocycles. The number of halogens is 1. The molecule has 0 radical (unpaired) electrons. The van der Waals surface area contributed by atoms with Crippen LogP contribution in [0.4, 0.5) is 4.39 Å². The minimum atomic E-state index is -0.371. The lowest BCUT2D eigenvalue weighted by atomic mass is 9.94. The van der Waals surface area contributed by atoms with Crippen LogP contribution in [0.3, 0.4) is 0 Å². The van der Waals surface area contributed by atoms with Crippen LogP contribution in [0, 0.1) is 18.7 Å². The molecular formula is C14H19FN2O. The number of hydrogen-bond donors (Lipinski definition) is 2. The van der Waals surface area contributed by atoms with Crippen molar-refractivity contribution in [3.8, 4) is 0 Å². The number of carbonyl (C=O) groups is 1. The summed E-state index contributed by atoms with van der Waals surface area (Å²) in [6, 6.07) is 4.48. The second-order valence-corrected chi connectivity index (χ2v) is 5.01. The minimum absolute atomic E-state index is 0.168. The highest BCUT2D eigenvalue weighted by atomic mass is 19.1. The Hall–Kier alpha value is -1.42. The molecule has 4 heteroatoms. The molecule has 2 rings (SSSR count). The fourth-order valence-electron chi connectivity index (χ4n) is 2.31. The molecule has 18 heavy (non-hydrogen) atoms. The van der Waals surface area contributed by atoms with Gasteiger partial charge in [0.15, 0.2) is 0 Å². The van der Waals surface area contributed by atoms with Crippen molar-refractivity contribution in [1.29, 1.82) is 0 Å². The smallest absolute Gasteiger partial charge is 0.251 e. The number of amides is 1. The zero-order valence-electron chi connectivity index (χ0n) is 10.8. The van der Waals surface area contributed by atoms with Crippen molar-refractivity contribution in [3.63, 3.8) is 0 Å². The lowest BCUT2D eigenvalue weighted by Gasteiger charge is -2.30. The highest BCUT2D eigenvalue weighted by Gasteiger charge is 2.23. The minimum Gasteiger partial charge on any atom is -0.349 e. The molecule has 0 spiro atoms. The van der Waals surface area contributed by atoms with E-state index in [-0.39, 0.29) is 17.8 Å². The number of rotatable bonds is 2. The molecule has 1 fully saturated rings. The molecule has 0 bridgehead atoms. The maximum atomic E-state index is 13.2. The van der Waals surface area contributed by atoms with Gasteiger partial charge < -0.3 is 10.6 Å². The first kappa shape index (κ1) is 13.0. The monoisotopic (exact) mass is 250 g/mol. The standard InChI is InChI=1S/C14H19FN2O/c1-9-3-4-11(15)7-12(9)14(18)17-13-5-6-16-8-10(13)2/h3-4,7,10,13,16H,5-6,8H2,1-2H3,(H,17,18)/t10-,13+/m1/s1. The van der Waals surface area contributed by atoms with Gasteiger partial charge in [-0.1, -0.05) is 13.0 Å². The molecule has 1 saturated heterocycles. The van der Waals surface area contributed by atoms with Gasteiger partial charge in [0.05, 0.1) is 0 Å². The van der Waals surface area contributed by atoms with E-state index in [9.17, 15) is 9.18 Å². The Balaban J connectivity index is 2.09. The molecule has 1 aliphatic heterocycles. The first-order chi connectivity index (χ1) is 8.58. The summed E-state index contributed by atoms with van der Waals surface area (Å²) in [7, 11) is 0. The molecule has 98 valence electrons. The predicted molar refractivity (Wildman–Crippen MR) is 69.0 cm³/mol. The van der Waals surface area contributed by atoms with Gasteiger partial charge in [-0.3, -0.25) is 4.79 Å². The maximum absolute atomic E-state index is 13.2. The Morgan fingerprint density at radius 2 is 2.28 bits per heavy atom. The summed E-state index contributed by atoms with van der Waals surface area (Å²) in [5, 5.41) is 6.29. The van der Waals surface area contributed by atoms with Crippen molar-refractivity contribution in [2.75, 3.05) is 13.1 Å². The van der Waals surface area contributed by atoms with Gasteiger partial charge in [0.25, 0.3) is 5.91 Å². The molecule has 0 aliphatic carbocycles. The van der Waals surface area contributed by atoms with Crippen LogP contribution in [0.2, 0.25) is 0 Å². The Bertz CT molecular complexity index is 447. The van der Waals surface area contributed by atoms with Crippen molar-refractivity contribution < 1.29 is 9.18 Å². The summed E-state index contributed by atoms with van der Waals surface area (Å²) >= 11 is 0. The van der Waals surface area contributed by atoms with E-state index in [4.69, 9.17) is 0 Å². The first-order valence-corrected chi connectivity index (χ1v) is 6.35. The van der Waals surface area contributed by atoms with Crippen LogP contribution in [0.5, 0.6) is 0 Å². The van der Waals surface area contributed by atoms with Gasteiger partial charge in [-0.15, -0.1) is 0 Å². The fourth-order valence-corrected chi connectivity index (χ4v) is 2.31. The predicted octanol–water partition coefficient (Wildman–Crippen LogP) is 1.86. The number of aryl methyl sites for hydroxylation is 1. The van der Waals surface area contributed by atoms with E-state index in [1.807, 2.05) is 6.92 Å². The second-order valence-electron chi connectivity index (χ2n) is 5.01. The molecule has 0 unspecified atom stereocenters. The summed E-state index contributed by atoms with van der Waals surface area (Å²) < 4.78 is 13.2. The van der Waals surface area contributed by atoms with Crippen LogP contribution in [0.15, 0.2) is 18.2 Å². The highest BCUT2D eigenvalue weighted by molar-refractivity contribution is 5.95. The van der Waals surface area contributed by atoms with Gasteiger partial charge >= 0.3 is 0 Å². The number of carbonyl (C=O) groups excluding carboxylic acids is 1. The Morgan fingerprint density at radius 3 is 3.00 bits per heavy atom. The average molecular weight is 250 g/mol. The van der Waals surface area contributed by atoms with Gasteiger partial charge in [0.2, 0.25) is 0 Å². The van der Waals surface area contributed by atoms with Crippen LogP contribution in [0.1, 0.15) is 29.3 Å². The molecule has 2 atom stereocenters. The van der Waals surface area contributed by atoms with E-state index >= 15 is 0 Å². The van der Waals surface area contributed by atoms with Crippen molar-refractivity contribution in [2.24, 2.45) is 5.92 Å². The number of piperidine rings is 1. The molecule has 1 aliphatic rings. The van der Waals surface area contributed by atoms with Crippen molar-refractivity contribution in [2.45, 2.75) is 26.3 Å². The number of hydrogen-bond acceptors (Lipinski definition) is 2. The SMILES string of the molecule is Cc1ccc(F)cc1C(=O)N[C@H]1CCNC[C@H]1C. The van der Waals surface area contributed by atoms with E-state index in [1.165, 1.54) is 12.1 Å². The Kier molecular flexibility index (Phi) is 3.97. The van der Waals surface area contributed by atoms with Gasteiger partial charge in [-0.2, -0.15) is 0 Å². The van der Waals surface area contributed by atoms with E-state index in [0.717, 1.165) is 25.1 Å². The quantitative estimate of drug-likeness (QED) is 0.841. The van der Waals surface area contributed by atoms with Gasteiger partial charge in [0.1, 0.15) is 5.82 Å². The lowest BCUT2D eigenvalue weighted by molar-refractivity contribution is 0.0913. The first-order valence-electron chi connectivity index (χ1n) is 6.35. The van der Waals surface area contributed by atoms with Crippen LogP contribution in [-0.2, 0) is 0 Å². The van der Waals surface area contributed by atoms with Crippen LogP contribution >= 0.6 is 0 Å². The van der Waals surface area contributed by atoms with Crippen LogP contribution in [0.25, 0.3) is 0 Å². The summed E-state index contributed by atoms with van der Waals surface area (Å²) in [6.07, 6.45) is 0.918. The molecule has 1 aromatic rings. The molecule has 0 aromatic heterocycles. The zero-order valence-corrected chi connectivity index (χ0v) is 10.8. The molecule has 1 aromatic carbocycles. The van der Waals surface area contributed by atoms with Gasteiger partial charge in [0, 0.05) is 11.6 Å². The normalized spacial score (nSPS) is 23.7. The summed E-state index contributed by atoms with van der Waals surface area (Å²) in [5.74, 6) is -0.147. The van der Waals surface area contributed by atoms with Gasteiger partial charge in [-0.25, -0.2) is 4.39 Å². The third-order valence-corrected chi connectivity index (χ3v) is 3.55. The average Bonchev–Trinajstić information content (AvgIpc) is 2.35. The Morgan fingerprint density at radius 1 is 1.50 bits per heavy atom.